The van der Waals surface area contributed by atoms with Crippen LogP contribution in [0.5, 0.6) is 0 Å². The minimum Gasteiger partial charge on any atom is -0.314 e. The number of amides is 1. The number of carbonyl (C=O) groups excluding carboxylic acids is 1. The molecule has 0 bridgehead atoms. The van der Waals surface area contributed by atoms with Crippen LogP contribution in [0.4, 0.5) is 5.69 Å². The molecule has 0 radical (unpaired) electrons. The lowest BCUT2D eigenvalue weighted by Crippen LogP contribution is -2.41. The maximum atomic E-state index is 12.9. The van der Waals surface area contributed by atoms with Crippen molar-refractivity contribution in [3.63, 3.8) is 0 Å². The van der Waals surface area contributed by atoms with Crippen molar-refractivity contribution < 1.29 is 4.79 Å². The van der Waals surface area contributed by atoms with Crippen molar-refractivity contribution in [2.45, 2.75) is 51.9 Å². The number of aryl methyl sites for hydroxylation is 1. The summed E-state index contributed by atoms with van der Waals surface area (Å²) >= 11 is 0. The lowest BCUT2D eigenvalue weighted by molar-refractivity contribution is -0.125. The largest absolute Gasteiger partial charge is 0.314 e. The van der Waals surface area contributed by atoms with Crippen LogP contribution in [0.25, 0.3) is 0 Å². The first-order valence-corrected chi connectivity index (χ1v) is 7.91. The van der Waals surface area contributed by atoms with Gasteiger partial charge in [-0.25, -0.2) is 0 Å². The highest BCUT2D eigenvalue weighted by Gasteiger charge is 2.41. The van der Waals surface area contributed by atoms with Crippen molar-refractivity contribution in [3.05, 3.63) is 29.8 Å². The quantitative estimate of drug-likeness (QED) is 0.785. The maximum Gasteiger partial charge on any atom is 0.247 e. The van der Waals surface area contributed by atoms with E-state index in [2.05, 4.69) is 13.0 Å². The molecule has 21 heavy (non-hydrogen) atoms. The molecule has 1 fully saturated rings. The van der Waals surface area contributed by atoms with Gasteiger partial charge >= 0.3 is 0 Å². The predicted octanol–water partition coefficient (Wildman–Crippen LogP) is 4.08. The van der Waals surface area contributed by atoms with E-state index in [4.69, 9.17) is 0 Å². The van der Waals surface area contributed by atoms with Crippen LogP contribution in [-0.4, -0.2) is 13.0 Å². The molecule has 0 saturated heterocycles. The zero-order chi connectivity index (χ0) is 15.3. The second-order valence-corrected chi connectivity index (χ2v) is 5.99. The van der Waals surface area contributed by atoms with E-state index in [-0.39, 0.29) is 5.91 Å². The van der Waals surface area contributed by atoms with Gasteiger partial charge in [0.25, 0.3) is 0 Å². The number of rotatable bonds is 3. The summed E-state index contributed by atoms with van der Waals surface area (Å²) in [7, 11) is 1.78. The van der Waals surface area contributed by atoms with Gasteiger partial charge in [0.1, 0.15) is 5.41 Å². The van der Waals surface area contributed by atoms with Gasteiger partial charge in [0.05, 0.1) is 6.07 Å². The van der Waals surface area contributed by atoms with Gasteiger partial charge in [-0.3, -0.25) is 4.79 Å². The van der Waals surface area contributed by atoms with E-state index in [1.54, 1.807) is 11.9 Å². The first-order valence-electron chi connectivity index (χ1n) is 7.91. The number of hydrogen-bond acceptors (Lipinski definition) is 2. The Hall–Kier alpha value is -1.82. The fraction of sp³-hybridized carbons (Fsp3) is 0.556. The number of nitrogens with zero attached hydrogens (tertiary/aromatic N) is 2. The molecule has 0 N–H and O–H groups in total. The Balaban J connectivity index is 2.21. The lowest BCUT2D eigenvalue weighted by atomic mass is 9.80. The van der Waals surface area contributed by atoms with Gasteiger partial charge in [-0.15, -0.1) is 0 Å². The van der Waals surface area contributed by atoms with Crippen molar-refractivity contribution in [1.29, 1.82) is 5.26 Å². The molecule has 1 aliphatic rings. The Morgan fingerprint density at radius 2 is 1.76 bits per heavy atom. The first kappa shape index (κ1) is 15.6. The summed E-state index contributed by atoms with van der Waals surface area (Å²) in [4.78, 5) is 14.5. The van der Waals surface area contributed by atoms with E-state index < -0.39 is 5.41 Å². The van der Waals surface area contributed by atoms with Crippen LogP contribution < -0.4 is 4.90 Å². The summed E-state index contributed by atoms with van der Waals surface area (Å²) in [6, 6.07) is 10.4. The highest BCUT2D eigenvalue weighted by atomic mass is 16.2. The third-order valence-corrected chi connectivity index (χ3v) is 4.62. The molecule has 1 aromatic rings. The Morgan fingerprint density at radius 1 is 1.19 bits per heavy atom. The minimum absolute atomic E-state index is 0.0452. The van der Waals surface area contributed by atoms with E-state index in [0.29, 0.717) is 12.8 Å². The molecule has 3 nitrogen and oxygen atoms in total. The molecule has 0 aliphatic heterocycles. The van der Waals surface area contributed by atoms with Crippen LogP contribution >= 0.6 is 0 Å². The zero-order valence-corrected chi connectivity index (χ0v) is 13.1. The highest BCUT2D eigenvalue weighted by molar-refractivity contribution is 5.98. The van der Waals surface area contributed by atoms with E-state index in [1.807, 2.05) is 24.3 Å². The van der Waals surface area contributed by atoms with Crippen molar-refractivity contribution in [2.24, 2.45) is 5.41 Å². The SMILES string of the molecule is CCc1ccc(N(C)C(=O)C2(C#N)CCCCCC2)cc1. The zero-order valence-electron chi connectivity index (χ0n) is 13.1. The second-order valence-electron chi connectivity index (χ2n) is 5.99. The molecule has 2 rings (SSSR count). The Morgan fingerprint density at radius 3 is 2.24 bits per heavy atom. The standard InChI is InChI=1S/C18H24N2O/c1-3-15-8-10-16(11-9-15)20(2)17(21)18(14-19)12-6-4-5-7-13-18/h8-11H,3-7,12-13H2,1-2H3. The first-order chi connectivity index (χ1) is 10.1. The molecule has 1 saturated carbocycles. The fourth-order valence-corrected chi connectivity index (χ4v) is 3.10. The van der Waals surface area contributed by atoms with Crippen LogP contribution in [0.15, 0.2) is 24.3 Å². The molecular weight excluding hydrogens is 260 g/mol. The van der Waals surface area contributed by atoms with Gasteiger partial charge < -0.3 is 4.90 Å². The van der Waals surface area contributed by atoms with Crippen molar-refractivity contribution >= 4 is 11.6 Å². The smallest absolute Gasteiger partial charge is 0.247 e. The summed E-state index contributed by atoms with van der Waals surface area (Å²) in [6.07, 6.45) is 6.58. The molecule has 1 aromatic carbocycles. The Bertz CT molecular complexity index is 519. The van der Waals surface area contributed by atoms with Crippen LogP contribution in [0.1, 0.15) is 51.0 Å². The molecule has 0 aromatic heterocycles. The van der Waals surface area contributed by atoms with E-state index >= 15 is 0 Å². The number of nitriles is 1. The summed E-state index contributed by atoms with van der Waals surface area (Å²) in [5, 5.41) is 9.62. The van der Waals surface area contributed by atoms with Crippen LogP contribution in [0, 0.1) is 16.7 Å². The highest BCUT2D eigenvalue weighted by Crippen LogP contribution is 2.37. The van der Waals surface area contributed by atoms with Gasteiger partial charge in [0.15, 0.2) is 0 Å². The monoisotopic (exact) mass is 284 g/mol. The minimum atomic E-state index is -0.825. The van der Waals surface area contributed by atoms with E-state index in [1.165, 1.54) is 5.56 Å². The molecule has 0 unspecified atom stereocenters. The normalized spacial score (nSPS) is 17.6. The van der Waals surface area contributed by atoms with Crippen molar-refractivity contribution in [3.8, 4) is 6.07 Å². The molecule has 1 amide bonds. The molecule has 0 atom stereocenters. The van der Waals surface area contributed by atoms with Gasteiger partial charge in [-0.05, 0) is 37.0 Å². The van der Waals surface area contributed by atoms with Gasteiger partial charge in [0.2, 0.25) is 5.91 Å². The van der Waals surface area contributed by atoms with Crippen LogP contribution in [-0.2, 0) is 11.2 Å². The number of anilines is 1. The average Bonchev–Trinajstić information content (AvgIpc) is 2.80. The maximum absolute atomic E-state index is 12.9. The summed E-state index contributed by atoms with van der Waals surface area (Å²) in [6.45, 7) is 2.11. The van der Waals surface area contributed by atoms with Gasteiger partial charge in [-0.2, -0.15) is 5.26 Å². The predicted molar refractivity (Wildman–Crippen MR) is 85.0 cm³/mol. The number of hydrogen-bond donors (Lipinski definition) is 0. The fourth-order valence-electron chi connectivity index (χ4n) is 3.10. The lowest BCUT2D eigenvalue weighted by Gasteiger charge is -2.29. The topological polar surface area (TPSA) is 44.1 Å². The molecule has 0 heterocycles. The van der Waals surface area contributed by atoms with Crippen molar-refractivity contribution in [1.82, 2.24) is 0 Å². The summed E-state index contributed by atoms with van der Waals surface area (Å²) < 4.78 is 0. The number of carbonyl (C=O) groups is 1. The molecule has 112 valence electrons. The average molecular weight is 284 g/mol. The van der Waals surface area contributed by atoms with Crippen LogP contribution in [0.2, 0.25) is 0 Å². The van der Waals surface area contributed by atoms with Gasteiger partial charge in [0, 0.05) is 12.7 Å². The summed E-state index contributed by atoms with van der Waals surface area (Å²) in [5.41, 5.74) is 1.30. The van der Waals surface area contributed by atoms with Gasteiger partial charge in [-0.1, -0.05) is 44.7 Å². The van der Waals surface area contributed by atoms with E-state index in [9.17, 15) is 10.1 Å². The van der Waals surface area contributed by atoms with Crippen LogP contribution in [0.3, 0.4) is 0 Å². The molecule has 0 spiro atoms. The Labute approximate surface area is 127 Å². The number of benzene rings is 1. The third kappa shape index (κ3) is 3.26. The second kappa shape index (κ2) is 6.76. The molecule has 3 heteroatoms. The summed E-state index contributed by atoms with van der Waals surface area (Å²) in [5.74, 6) is -0.0452. The van der Waals surface area contributed by atoms with E-state index in [0.717, 1.165) is 37.8 Å². The third-order valence-electron chi connectivity index (χ3n) is 4.62. The Kier molecular flexibility index (Phi) is 5.01. The molecule has 1 aliphatic carbocycles. The van der Waals surface area contributed by atoms with Crippen molar-refractivity contribution in [2.75, 3.05) is 11.9 Å². The molecular formula is C18H24N2O.